The van der Waals surface area contributed by atoms with Gasteiger partial charge in [-0.3, -0.25) is 0 Å². The van der Waals surface area contributed by atoms with Gasteiger partial charge >= 0.3 is 12.3 Å². The zero-order valence-corrected chi connectivity index (χ0v) is 10.1. The van der Waals surface area contributed by atoms with Gasteiger partial charge in [-0.05, 0) is 18.2 Å². The van der Waals surface area contributed by atoms with Crippen molar-refractivity contribution in [3.8, 4) is 17.9 Å². The third kappa shape index (κ3) is 4.76. The second-order valence-electron chi connectivity index (χ2n) is 3.49. The van der Waals surface area contributed by atoms with Crippen molar-refractivity contribution < 1.29 is 27.8 Å². The van der Waals surface area contributed by atoms with Crippen LogP contribution in [-0.4, -0.2) is 17.4 Å². The van der Waals surface area contributed by atoms with Crippen LogP contribution in [0.1, 0.15) is 10.4 Å². The van der Waals surface area contributed by atoms with E-state index in [-0.39, 0.29) is 11.3 Å². The summed E-state index contributed by atoms with van der Waals surface area (Å²) in [6.45, 7) is 0. The van der Waals surface area contributed by atoms with Gasteiger partial charge in [0.2, 0.25) is 0 Å². The number of aromatic carboxylic acids is 1. The smallest absolute Gasteiger partial charge is 0.478 e. The molecular formula is C12H6F3N3O3. The van der Waals surface area contributed by atoms with Crippen molar-refractivity contribution in [3.63, 3.8) is 0 Å². The number of carbonyl (C=O) groups is 1. The molecule has 0 saturated carbocycles. The van der Waals surface area contributed by atoms with Crippen molar-refractivity contribution in [1.82, 2.24) is 0 Å². The fourth-order valence-corrected chi connectivity index (χ4v) is 1.26. The van der Waals surface area contributed by atoms with E-state index in [1.807, 2.05) is 0 Å². The van der Waals surface area contributed by atoms with E-state index in [0.717, 1.165) is 18.3 Å². The van der Waals surface area contributed by atoms with Crippen LogP contribution >= 0.6 is 0 Å². The molecule has 9 heteroatoms. The van der Waals surface area contributed by atoms with Crippen molar-refractivity contribution in [1.29, 1.82) is 10.5 Å². The molecule has 0 radical (unpaired) electrons. The summed E-state index contributed by atoms with van der Waals surface area (Å²) in [6, 6.07) is 5.65. The number of hydrogen-bond donors (Lipinski definition) is 2. The van der Waals surface area contributed by atoms with E-state index in [0.29, 0.717) is 6.07 Å². The molecule has 6 nitrogen and oxygen atoms in total. The number of nitrogens with zero attached hydrogens (tertiary/aromatic N) is 2. The molecule has 0 aromatic heterocycles. The first-order valence-electron chi connectivity index (χ1n) is 5.17. The molecule has 0 fully saturated rings. The summed E-state index contributed by atoms with van der Waals surface area (Å²) in [5.74, 6) is -2.20. The van der Waals surface area contributed by atoms with Crippen molar-refractivity contribution >= 4 is 11.7 Å². The highest BCUT2D eigenvalue weighted by atomic mass is 19.4. The van der Waals surface area contributed by atoms with Crippen LogP contribution in [0.4, 0.5) is 18.9 Å². The second-order valence-corrected chi connectivity index (χ2v) is 3.49. The van der Waals surface area contributed by atoms with Crippen LogP contribution < -0.4 is 10.1 Å². The Morgan fingerprint density at radius 1 is 1.33 bits per heavy atom. The maximum atomic E-state index is 12.1. The molecule has 1 aromatic rings. The van der Waals surface area contributed by atoms with Crippen LogP contribution in [0.2, 0.25) is 0 Å². The Balaban J connectivity index is 3.12. The Morgan fingerprint density at radius 3 is 2.43 bits per heavy atom. The first-order valence-corrected chi connectivity index (χ1v) is 5.17. The fraction of sp³-hybridized carbons (Fsp3) is 0.0833. The number of allylic oxidation sites excluding steroid dienone is 1. The average Bonchev–Trinajstić information content (AvgIpc) is 2.39. The molecule has 0 bridgehead atoms. The van der Waals surface area contributed by atoms with E-state index in [1.54, 1.807) is 0 Å². The van der Waals surface area contributed by atoms with E-state index < -0.39 is 23.6 Å². The molecule has 2 N–H and O–H groups in total. The third-order valence-electron chi connectivity index (χ3n) is 2.07. The highest BCUT2D eigenvalue weighted by molar-refractivity contribution is 5.95. The van der Waals surface area contributed by atoms with Gasteiger partial charge < -0.3 is 15.2 Å². The van der Waals surface area contributed by atoms with Crippen LogP contribution in [0.25, 0.3) is 0 Å². The zero-order valence-electron chi connectivity index (χ0n) is 10.1. The number of rotatable bonds is 4. The predicted octanol–water partition coefficient (Wildman–Crippen LogP) is 2.63. The lowest BCUT2D eigenvalue weighted by Crippen LogP contribution is -2.17. The molecule has 21 heavy (non-hydrogen) atoms. The van der Waals surface area contributed by atoms with Gasteiger partial charge in [-0.25, -0.2) is 4.79 Å². The number of benzene rings is 1. The van der Waals surface area contributed by atoms with Gasteiger partial charge in [-0.1, -0.05) is 0 Å². The van der Waals surface area contributed by atoms with Crippen molar-refractivity contribution in [2.45, 2.75) is 6.36 Å². The summed E-state index contributed by atoms with van der Waals surface area (Å²) in [7, 11) is 0. The number of nitrogens with one attached hydrogen (secondary N) is 1. The molecule has 0 spiro atoms. The Kier molecular flexibility index (Phi) is 4.76. The van der Waals surface area contributed by atoms with Gasteiger partial charge in [0, 0.05) is 6.20 Å². The fourth-order valence-electron chi connectivity index (χ4n) is 1.26. The van der Waals surface area contributed by atoms with Crippen molar-refractivity contribution in [2.24, 2.45) is 0 Å². The zero-order chi connectivity index (χ0) is 16.0. The lowest BCUT2D eigenvalue weighted by atomic mass is 10.1. The molecule has 108 valence electrons. The Labute approximate surface area is 116 Å². The molecular weight excluding hydrogens is 291 g/mol. The minimum atomic E-state index is -4.95. The number of halogens is 3. The van der Waals surface area contributed by atoms with Crippen LogP contribution in [0, 0.1) is 22.7 Å². The Morgan fingerprint density at radius 2 is 1.95 bits per heavy atom. The van der Waals surface area contributed by atoms with Gasteiger partial charge in [0.05, 0.1) is 11.3 Å². The Hall–Kier alpha value is -3.20. The molecule has 0 unspecified atom stereocenters. The highest BCUT2D eigenvalue weighted by Gasteiger charge is 2.31. The lowest BCUT2D eigenvalue weighted by molar-refractivity contribution is -0.274. The van der Waals surface area contributed by atoms with E-state index in [2.05, 4.69) is 10.1 Å². The monoisotopic (exact) mass is 297 g/mol. The largest absolute Gasteiger partial charge is 0.573 e. The summed E-state index contributed by atoms with van der Waals surface area (Å²) in [5, 5.41) is 28.3. The molecule has 0 aliphatic carbocycles. The van der Waals surface area contributed by atoms with Crippen molar-refractivity contribution in [3.05, 3.63) is 35.5 Å². The molecule has 0 aliphatic heterocycles. The number of nitriles is 2. The molecule has 0 amide bonds. The Bertz CT molecular complexity index is 653. The van der Waals surface area contributed by atoms with Crippen molar-refractivity contribution in [2.75, 3.05) is 5.32 Å². The molecule has 0 saturated heterocycles. The maximum absolute atomic E-state index is 12.1. The van der Waals surface area contributed by atoms with Gasteiger partial charge in [-0.2, -0.15) is 10.5 Å². The first-order chi connectivity index (χ1) is 9.76. The minimum absolute atomic E-state index is 0.0972. The molecule has 0 heterocycles. The number of ether oxygens (including phenoxy) is 1. The number of hydrogen-bond acceptors (Lipinski definition) is 5. The third-order valence-corrected chi connectivity index (χ3v) is 2.07. The van der Waals surface area contributed by atoms with E-state index in [9.17, 15) is 18.0 Å². The molecule has 0 aliphatic rings. The highest BCUT2D eigenvalue weighted by Crippen LogP contribution is 2.27. The average molecular weight is 297 g/mol. The molecule has 1 rings (SSSR count). The minimum Gasteiger partial charge on any atom is -0.478 e. The van der Waals surface area contributed by atoms with Crippen LogP contribution in [0.3, 0.4) is 0 Å². The van der Waals surface area contributed by atoms with Crippen LogP contribution in [0.15, 0.2) is 30.0 Å². The standard InChI is InChI=1S/C12H6F3N3O3/c13-12(14,15)21-8-1-2-10(9(3-8)11(19)20)18-6-7(4-16)5-17/h1-3,6,18H,(H,19,20). The van der Waals surface area contributed by atoms with Crippen LogP contribution in [-0.2, 0) is 0 Å². The van der Waals surface area contributed by atoms with Crippen LogP contribution in [0.5, 0.6) is 5.75 Å². The molecule has 1 aromatic carbocycles. The summed E-state index contributed by atoms with van der Waals surface area (Å²) in [6.07, 6.45) is -4.01. The van der Waals surface area contributed by atoms with Gasteiger partial charge in [-0.15, -0.1) is 13.2 Å². The summed E-state index contributed by atoms with van der Waals surface area (Å²) >= 11 is 0. The van der Waals surface area contributed by atoms with Gasteiger partial charge in [0.15, 0.2) is 0 Å². The number of carboxylic acid groups (broad SMARTS) is 1. The maximum Gasteiger partial charge on any atom is 0.573 e. The van der Waals surface area contributed by atoms with E-state index in [1.165, 1.54) is 12.1 Å². The summed E-state index contributed by atoms with van der Waals surface area (Å²) in [5.41, 5.74) is -0.940. The first kappa shape index (κ1) is 15.9. The van der Waals surface area contributed by atoms with E-state index in [4.69, 9.17) is 15.6 Å². The topological polar surface area (TPSA) is 106 Å². The second kappa shape index (κ2) is 6.30. The summed E-state index contributed by atoms with van der Waals surface area (Å²) in [4.78, 5) is 11.0. The lowest BCUT2D eigenvalue weighted by Gasteiger charge is -2.11. The van der Waals surface area contributed by atoms with E-state index >= 15 is 0 Å². The van der Waals surface area contributed by atoms with Gasteiger partial charge in [0.25, 0.3) is 0 Å². The number of alkyl halides is 3. The predicted molar refractivity (Wildman–Crippen MR) is 63.0 cm³/mol. The SMILES string of the molecule is N#CC(C#N)=CNc1ccc(OC(F)(F)F)cc1C(=O)O. The quantitative estimate of drug-likeness (QED) is 0.827. The van der Waals surface area contributed by atoms with Gasteiger partial charge in [0.1, 0.15) is 23.5 Å². The molecule has 0 atom stereocenters. The number of carboxylic acids is 1. The normalized spacial score (nSPS) is 9.95. The summed E-state index contributed by atoms with van der Waals surface area (Å²) < 4.78 is 39.8. The number of anilines is 1.